The van der Waals surface area contributed by atoms with Crippen LogP contribution in [0.1, 0.15) is 11.1 Å². The summed E-state index contributed by atoms with van der Waals surface area (Å²) in [6, 6.07) is 8.56. The summed E-state index contributed by atoms with van der Waals surface area (Å²) in [5.41, 5.74) is 0.696. The van der Waals surface area contributed by atoms with Gasteiger partial charge in [0.05, 0.1) is 16.6 Å². The number of nitrogens with one attached hydrogen (secondary N) is 1. The maximum absolute atomic E-state index is 12.0. The number of alkyl halides is 3. The van der Waals surface area contributed by atoms with Crippen molar-refractivity contribution < 1.29 is 22.8 Å². The Morgan fingerprint density at radius 2 is 2.08 bits per heavy atom. The quantitative estimate of drug-likeness (QED) is 0.631. The van der Waals surface area contributed by atoms with Gasteiger partial charge >= 0.3 is 6.18 Å². The molecule has 1 heterocycles. The van der Waals surface area contributed by atoms with E-state index in [2.05, 4.69) is 15.0 Å². The maximum atomic E-state index is 12.0. The summed E-state index contributed by atoms with van der Waals surface area (Å²) in [6.07, 6.45) is -3.15. The van der Waals surface area contributed by atoms with E-state index < -0.39 is 17.7 Å². The lowest BCUT2D eigenvalue weighted by molar-refractivity contribution is -0.384. The normalized spacial score (nSPS) is 10.8. The molecule has 25 heavy (non-hydrogen) atoms. The van der Waals surface area contributed by atoms with Gasteiger partial charge < -0.3 is 10.1 Å². The Kier molecular flexibility index (Phi) is 5.38. The number of pyridine rings is 1. The number of anilines is 1. The summed E-state index contributed by atoms with van der Waals surface area (Å²) in [4.78, 5) is 14.2. The van der Waals surface area contributed by atoms with Gasteiger partial charge in [-0.1, -0.05) is 6.07 Å². The number of rotatable bonds is 6. The minimum atomic E-state index is -4.45. The Labute approximate surface area is 139 Å². The van der Waals surface area contributed by atoms with Crippen molar-refractivity contribution in [2.24, 2.45) is 0 Å². The van der Waals surface area contributed by atoms with E-state index in [0.29, 0.717) is 5.56 Å². The molecule has 7 nitrogen and oxygen atoms in total. The fraction of sp³-hybridized carbons (Fsp3) is 0.200. The molecule has 0 aliphatic rings. The maximum Gasteiger partial charge on any atom is 0.422 e. The molecule has 0 aliphatic carbocycles. The lowest BCUT2D eigenvalue weighted by atomic mass is 10.2. The Balaban J connectivity index is 2.02. The van der Waals surface area contributed by atoms with Crippen LogP contribution in [0.3, 0.4) is 0 Å². The number of benzene rings is 1. The highest BCUT2D eigenvalue weighted by atomic mass is 19.4. The first-order valence-corrected chi connectivity index (χ1v) is 6.85. The van der Waals surface area contributed by atoms with E-state index in [1.54, 1.807) is 0 Å². The van der Waals surface area contributed by atoms with Gasteiger partial charge in [0.25, 0.3) is 5.69 Å². The monoisotopic (exact) mass is 352 g/mol. The lowest BCUT2D eigenvalue weighted by Gasteiger charge is -2.10. The van der Waals surface area contributed by atoms with E-state index in [9.17, 15) is 23.3 Å². The van der Waals surface area contributed by atoms with Crippen LogP contribution in [0.4, 0.5) is 24.5 Å². The number of nitriles is 1. The van der Waals surface area contributed by atoms with Gasteiger partial charge in [-0.15, -0.1) is 0 Å². The predicted molar refractivity (Wildman–Crippen MR) is 80.9 cm³/mol. The summed E-state index contributed by atoms with van der Waals surface area (Å²) < 4.78 is 40.6. The Morgan fingerprint density at radius 3 is 2.64 bits per heavy atom. The van der Waals surface area contributed by atoms with Crippen LogP contribution in [0, 0.1) is 21.4 Å². The molecule has 0 radical (unpaired) electrons. The second-order valence-electron chi connectivity index (χ2n) is 4.86. The van der Waals surface area contributed by atoms with Crippen LogP contribution in [-0.2, 0) is 6.54 Å². The van der Waals surface area contributed by atoms with Crippen LogP contribution in [-0.4, -0.2) is 22.7 Å². The van der Waals surface area contributed by atoms with Gasteiger partial charge in [0, 0.05) is 24.9 Å². The van der Waals surface area contributed by atoms with Crippen LogP contribution in [0.5, 0.6) is 5.88 Å². The number of nitro benzene ring substituents is 1. The average Bonchev–Trinajstić information content (AvgIpc) is 2.58. The van der Waals surface area contributed by atoms with Gasteiger partial charge in [0.15, 0.2) is 6.61 Å². The minimum Gasteiger partial charge on any atom is -0.468 e. The summed E-state index contributed by atoms with van der Waals surface area (Å²) in [5.74, 6) is -0.176. The van der Waals surface area contributed by atoms with Crippen molar-refractivity contribution in [3.8, 4) is 11.9 Å². The average molecular weight is 352 g/mol. The topological polar surface area (TPSA) is 101 Å². The highest BCUT2D eigenvalue weighted by Crippen LogP contribution is 2.26. The molecule has 10 heteroatoms. The van der Waals surface area contributed by atoms with Crippen molar-refractivity contribution in [3.05, 3.63) is 57.8 Å². The van der Waals surface area contributed by atoms with Gasteiger partial charge in [-0.3, -0.25) is 10.1 Å². The minimum absolute atomic E-state index is 0.152. The molecule has 130 valence electrons. The van der Waals surface area contributed by atoms with Crippen molar-refractivity contribution in [2.45, 2.75) is 12.7 Å². The van der Waals surface area contributed by atoms with Crippen LogP contribution in [0.2, 0.25) is 0 Å². The zero-order chi connectivity index (χ0) is 18.4. The molecule has 0 aliphatic heterocycles. The number of hydrogen-bond acceptors (Lipinski definition) is 6. The largest absolute Gasteiger partial charge is 0.468 e. The molecule has 2 rings (SSSR count). The molecule has 1 aromatic heterocycles. The number of nitro groups is 1. The van der Waals surface area contributed by atoms with E-state index >= 15 is 0 Å². The highest BCUT2D eigenvalue weighted by molar-refractivity contribution is 5.64. The molecule has 0 saturated carbocycles. The van der Waals surface area contributed by atoms with Crippen molar-refractivity contribution >= 4 is 11.4 Å². The summed E-state index contributed by atoms with van der Waals surface area (Å²) >= 11 is 0. The molecule has 0 amide bonds. The lowest BCUT2D eigenvalue weighted by Crippen LogP contribution is -2.19. The molecule has 1 aromatic carbocycles. The van der Waals surface area contributed by atoms with E-state index in [0.717, 1.165) is 6.07 Å². The summed E-state index contributed by atoms with van der Waals surface area (Å²) in [6.45, 7) is -1.28. The second-order valence-corrected chi connectivity index (χ2v) is 4.86. The molecule has 0 unspecified atom stereocenters. The fourth-order valence-electron chi connectivity index (χ4n) is 1.86. The van der Waals surface area contributed by atoms with Gasteiger partial charge in [0.2, 0.25) is 5.88 Å². The number of nitrogens with zero attached hydrogens (tertiary/aromatic N) is 3. The van der Waals surface area contributed by atoms with Crippen LogP contribution < -0.4 is 10.1 Å². The smallest absolute Gasteiger partial charge is 0.422 e. The van der Waals surface area contributed by atoms with Crippen LogP contribution >= 0.6 is 0 Å². The SMILES string of the molecule is N#Cc1ccc(NCc2ccc(OCC(F)(F)F)nc2)c([N+](=O)[O-])c1. The molecule has 0 atom stereocenters. The van der Waals surface area contributed by atoms with Crippen molar-refractivity contribution in [1.29, 1.82) is 5.26 Å². The van der Waals surface area contributed by atoms with Gasteiger partial charge in [-0.25, -0.2) is 4.98 Å². The Morgan fingerprint density at radius 1 is 1.32 bits per heavy atom. The third kappa shape index (κ3) is 5.35. The van der Waals surface area contributed by atoms with Crippen molar-refractivity contribution in [1.82, 2.24) is 4.98 Å². The molecule has 0 spiro atoms. The van der Waals surface area contributed by atoms with Gasteiger partial charge in [0.1, 0.15) is 5.69 Å². The van der Waals surface area contributed by atoms with E-state index in [4.69, 9.17) is 5.26 Å². The molecular formula is C15H11F3N4O3. The standard InChI is InChI=1S/C15H11F3N4O3/c16-15(17,18)9-25-14-4-2-11(8-21-14)7-20-12-3-1-10(6-19)5-13(12)22(23)24/h1-5,8,20H,7,9H2. The fourth-order valence-corrected chi connectivity index (χ4v) is 1.86. The zero-order valence-electron chi connectivity index (χ0n) is 12.6. The van der Waals surface area contributed by atoms with E-state index in [1.807, 2.05) is 6.07 Å². The molecule has 0 saturated heterocycles. The van der Waals surface area contributed by atoms with E-state index in [1.165, 1.54) is 30.5 Å². The Hall–Kier alpha value is -3.35. The summed E-state index contributed by atoms with van der Waals surface area (Å²) in [5, 5.41) is 22.6. The van der Waals surface area contributed by atoms with Crippen LogP contribution in [0.15, 0.2) is 36.5 Å². The number of aromatic nitrogens is 1. The first-order valence-electron chi connectivity index (χ1n) is 6.85. The predicted octanol–water partition coefficient (Wildman–Crippen LogP) is 3.41. The molecule has 2 aromatic rings. The molecule has 0 bridgehead atoms. The zero-order valence-corrected chi connectivity index (χ0v) is 12.6. The summed E-state index contributed by atoms with van der Waals surface area (Å²) in [7, 11) is 0. The second kappa shape index (κ2) is 7.48. The molecule has 0 fully saturated rings. The number of hydrogen-bond donors (Lipinski definition) is 1. The number of ether oxygens (including phenoxy) is 1. The first-order chi connectivity index (χ1) is 11.8. The van der Waals surface area contributed by atoms with Crippen molar-refractivity contribution in [3.63, 3.8) is 0 Å². The van der Waals surface area contributed by atoms with Gasteiger partial charge in [-0.05, 0) is 17.7 Å². The number of halogens is 3. The van der Waals surface area contributed by atoms with E-state index in [-0.39, 0.29) is 29.4 Å². The van der Waals surface area contributed by atoms with Gasteiger partial charge in [-0.2, -0.15) is 18.4 Å². The third-order valence-corrected chi connectivity index (χ3v) is 2.99. The Bertz CT molecular complexity index is 801. The highest BCUT2D eigenvalue weighted by Gasteiger charge is 2.28. The molecule has 1 N–H and O–H groups in total. The van der Waals surface area contributed by atoms with Crippen molar-refractivity contribution in [2.75, 3.05) is 11.9 Å². The van der Waals surface area contributed by atoms with Crippen LogP contribution in [0.25, 0.3) is 0 Å². The third-order valence-electron chi connectivity index (χ3n) is 2.99. The first kappa shape index (κ1) is 18.0. The molecular weight excluding hydrogens is 341 g/mol.